The molecule has 212 valence electrons. The fraction of sp³-hybridized carbons (Fsp3) is 0.118. The van der Waals surface area contributed by atoms with E-state index in [1.165, 1.54) is 5.39 Å². The highest BCUT2D eigenvalue weighted by Gasteiger charge is 2.13. The summed E-state index contributed by atoms with van der Waals surface area (Å²) < 4.78 is 19.4. The van der Waals surface area contributed by atoms with Crippen molar-refractivity contribution >= 4 is 54.8 Å². The summed E-state index contributed by atoms with van der Waals surface area (Å²) in [4.78, 5) is 12.8. The molecule has 5 rings (SSSR count). The number of carbonyl (C=O) groups is 1. The molecule has 1 N–H and O–H groups in total. The summed E-state index contributed by atoms with van der Waals surface area (Å²) in [5.74, 6) is 1.38. The van der Waals surface area contributed by atoms with E-state index in [2.05, 4.69) is 66.7 Å². The first-order valence-electron chi connectivity index (χ1n) is 13.4. The SMILES string of the molecule is CCOc1cc(C(=O)N/N=C/c2cc(Br)c(OCc3cccc4ccccc34)c(Br)c2)ccc1OCc1ccccc1. The van der Waals surface area contributed by atoms with Crippen LogP contribution >= 0.6 is 31.9 Å². The first kappa shape index (κ1) is 29.4. The lowest BCUT2D eigenvalue weighted by Gasteiger charge is -2.13. The second-order valence-corrected chi connectivity index (χ2v) is 11.0. The Bertz CT molecular complexity index is 1700. The van der Waals surface area contributed by atoms with Crippen LogP contribution in [0.15, 0.2) is 117 Å². The van der Waals surface area contributed by atoms with Gasteiger partial charge < -0.3 is 14.2 Å². The summed E-state index contributed by atoms with van der Waals surface area (Å²) in [7, 11) is 0. The number of nitrogens with zero attached hydrogens (tertiary/aromatic N) is 1. The Balaban J connectivity index is 1.22. The molecule has 0 aromatic heterocycles. The van der Waals surface area contributed by atoms with Gasteiger partial charge in [-0.3, -0.25) is 4.79 Å². The smallest absolute Gasteiger partial charge is 0.271 e. The molecule has 0 saturated heterocycles. The summed E-state index contributed by atoms with van der Waals surface area (Å²) in [5, 5.41) is 6.49. The molecule has 6 nitrogen and oxygen atoms in total. The monoisotopic (exact) mass is 686 g/mol. The van der Waals surface area contributed by atoms with Crippen LogP contribution in [0.25, 0.3) is 10.8 Å². The molecule has 5 aromatic rings. The maximum Gasteiger partial charge on any atom is 0.271 e. The number of halogens is 2. The predicted octanol–water partition coefficient (Wildman–Crippen LogP) is 8.69. The average molecular weight is 688 g/mol. The van der Waals surface area contributed by atoms with Gasteiger partial charge in [0.2, 0.25) is 0 Å². The van der Waals surface area contributed by atoms with Crippen molar-refractivity contribution in [1.82, 2.24) is 5.43 Å². The average Bonchev–Trinajstić information content (AvgIpc) is 3.00. The van der Waals surface area contributed by atoms with Crippen LogP contribution in [0.1, 0.15) is 34.0 Å². The molecule has 0 saturated carbocycles. The van der Waals surface area contributed by atoms with E-state index in [4.69, 9.17) is 14.2 Å². The summed E-state index contributed by atoms with van der Waals surface area (Å²) in [5.41, 5.74) is 5.90. The first-order valence-corrected chi connectivity index (χ1v) is 15.0. The van der Waals surface area contributed by atoms with Crippen molar-refractivity contribution < 1.29 is 19.0 Å². The summed E-state index contributed by atoms with van der Waals surface area (Å²) in [6.07, 6.45) is 1.57. The second-order valence-electron chi connectivity index (χ2n) is 9.31. The van der Waals surface area contributed by atoms with Gasteiger partial charge in [0.1, 0.15) is 19.0 Å². The molecule has 42 heavy (non-hydrogen) atoms. The largest absolute Gasteiger partial charge is 0.490 e. The Morgan fingerprint density at radius 3 is 2.31 bits per heavy atom. The van der Waals surface area contributed by atoms with Gasteiger partial charge in [-0.15, -0.1) is 0 Å². The number of hydrazone groups is 1. The fourth-order valence-corrected chi connectivity index (χ4v) is 5.81. The Hall–Kier alpha value is -4.14. The lowest BCUT2D eigenvalue weighted by molar-refractivity contribution is 0.0954. The number of fused-ring (bicyclic) bond motifs is 1. The molecule has 1 amide bonds. The third kappa shape index (κ3) is 7.38. The molecular formula is C34H28Br2N2O4. The van der Waals surface area contributed by atoms with Crippen molar-refractivity contribution in [3.8, 4) is 17.2 Å². The second kappa shape index (κ2) is 14.2. The highest BCUT2D eigenvalue weighted by Crippen LogP contribution is 2.35. The van der Waals surface area contributed by atoms with E-state index in [0.717, 1.165) is 31.0 Å². The van der Waals surface area contributed by atoms with Gasteiger partial charge in [-0.1, -0.05) is 72.8 Å². The highest BCUT2D eigenvalue weighted by molar-refractivity contribution is 9.11. The van der Waals surface area contributed by atoms with Gasteiger partial charge in [-0.25, -0.2) is 5.43 Å². The van der Waals surface area contributed by atoms with E-state index in [-0.39, 0.29) is 5.91 Å². The van der Waals surface area contributed by atoms with Crippen LogP contribution in [-0.4, -0.2) is 18.7 Å². The number of amides is 1. The lowest BCUT2D eigenvalue weighted by atomic mass is 10.1. The van der Waals surface area contributed by atoms with Gasteiger partial charge in [0.05, 0.1) is 21.8 Å². The Morgan fingerprint density at radius 1 is 0.786 bits per heavy atom. The number of ether oxygens (including phenoxy) is 3. The zero-order valence-corrected chi connectivity index (χ0v) is 26.0. The van der Waals surface area contributed by atoms with E-state index in [9.17, 15) is 4.79 Å². The molecule has 0 fully saturated rings. The van der Waals surface area contributed by atoms with Crippen LogP contribution < -0.4 is 19.6 Å². The molecule has 0 aliphatic carbocycles. The Kier molecular flexibility index (Phi) is 9.90. The maximum absolute atomic E-state index is 12.8. The zero-order valence-electron chi connectivity index (χ0n) is 22.8. The van der Waals surface area contributed by atoms with Crippen LogP contribution in [0.4, 0.5) is 0 Å². The minimum absolute atomic E-state index is 0.366. The molecule has 0 atom stereocenters. The molecule has 8 heteroatoms. The summed E-state index contributed by atoms with van der Waals surface area (Å²) in [6, 6.07) is 33.1. The van der Waals surface area contributed by atoms with Crippen molar-refractivity contribution in [2.75, 3.05) is 6.61 Å². The van der Waals surface area contributed by atoms with E-state index in [1.807, 2.05) is 67.6 Å². The minimum atomic E-state index is -0.366. The van der Waals surface area contributed by atoms with Gasteiger partial charge in [0.25, 0.3) is 5.91 Å². The van der Waals surface area contributed by atoms with Gasteiger partial charge >= 0.3 is 0 Å². The number of rotatable bonds is 11. The predicted molar refractivity (Wildman–Crippen MR) is 174 cm³/mol. The number of hydrogen-bond donors (Lipinski definition) is 1. The number of hydrogen-bond acceptors (Lipinski definition) is 5. The van der Waals surface area contributed by atoms with Crippen LogP contribution in [0.2, 0.25) is 0 Å². The molecule has 0 unspecified atom stereocenters. The van der Waals surface area contributed by atoms with Gasteiger partial charge in [-0.2, -0.15) is 5.10 Å². The normalized spacial score (nSPS) is 11.0. The Labute approximate surface area is 261 Å². The van der Waals surface area contributed by atoms with E-state index in [0.29, 0.717) is 42.6 Å². The van der Waals surface area contributed by atoms with Crippen LogP contribution in [0, 0.1) is 0 Å². The zero-order chi connectivity index (χ0) is 29.3. The summed E-state index contributed by atoms with van der Waals surface area (Å²) in [6.45, 7) is 3.14. The number of nitrogens with one attached hydrogen (secondary N) is 1. The third-order valence-corrected chi connectivity index (χ3v) is 7.57. The third-order valence-electron chi connectivity index (χ3n) is 6.40. The van der Waals surface area contributed by atoms with E-state index < -0.39 is 0 Å². The first-order chi connectivity index (χ1) is 20.5. The van der Waals surface area contributed by atoms with Crippen molar-refractivity contribution in [3.05, 3.63) is 134 Å². The van der Waals surface area contributed by atoms with Crippen molar-refractivity contribution in [2.24, 2.45) is 5.10 Å². The molecule has 0 radical (unpaired) electrons. The van der Waals surface area contributed by atoms with Crippen LogP contribution in [-0.2, 0) is 13.2 Å². The molecule has 0 spiro atoms. The quantitative estimate of drug-likeness (QED) is 0.111. The molecule has 0 heterocycles. The topological polar surface area (TPSA) is 69.2 Å². The molecule has 0 aliphatic heterocycles. The molecular weight excluding hydrogens is 660 g/mol. The van der Waals surface area contributed by atoms with E-state index >= 15 is 0 Å². The van der Waals surface area contributed by atoms with Crippen LogP contribution in [0.3, 0.4) is 0 Å². The van der Waals surface area contributed by atoms with Crippen molar-refractivity contribution in [1.29, 1.82) is 0 Å². The number of carbonyl (C=O) groups excluding carboxylic acids is 1. The molecule has 0 aliphatic rings. The molecule has 0 bridgehead atoms. The van der Waals surface area contributed by atoms with Crippen molar-refractivity contribution in [2.45, 2.75) is 20.1 Å². The van der Waals surface area contributed by atoms with Crippen LogP contribution in [0.5, 0.6) is 17.2 Å². The van der Waals surface area contributed by atoms with E-state index in [1.54, 1.807) is 24.4 Å². The molecule has 5 aromatic carbocycles. The lowest BCUT2D eigenvalue weighted by Crippen LogP contribution is -2.17. The maximum atomic E-state index is 12.8. The van der Waals surface area contributed by atoms with Gasteiger partial charge in [0.15, 0.2) is 11.5 Å². The standard InChI is InChI=1S/C34H28Br2N2O4/c1-2-40-32-19-26(15-16-31(32)41-21-23-9-4-3-5-10-23)34(39)38-37-20-24-17-29(35)33(30(36)18-24)42-22-27-13-8-12-25-11-6-7-14-28(25)27/h3-20H,2,21-22H2,1H3,(H,38,39)/b37-20+. The highest BCUT2D eigenvalue weighted by atomic mass is 79.9. The van der Waals surface area contributed by atoms with Gasteiger partial charge in [0, 0.05) is 5.56 Å². The van der Waals surface area contributed by atoms with Crippen molar-refractivity contribution in [3.63, 3.8) is 0 Å². The minimum Gasteiger partial charge on any atom is -0.490 e. The van der Waals surface area contributed by atoms with Gasteiger partial charge in [-0.05, 0) is 96.6 Å². The Morgan fingerprint density at radius 2 is 1.52 bits per heavy atom. The number of benzene rings is 5. The summed E-state index contributed by atoms with van der Waals surface area (Å²) >= 11 is 7.21. The fourth-order valence-electron chi connectivity index (χ4n) is 4.36.